The van der Waals surface area contributed by atoms with Gasteiger partial charge in [-0.1, -0.05) is 31.2 Å². The van der Waals surface area contributed by atoms with Crippen molar-refractivity contribution >= 4 is 41.4 Å². The van der Waals surface area contributed by atoms with Gasteiger partial charge in [0.25, 0.3) is 0 Å². The van der Waals surface area contributed by atoms with E-state index < -0.39 is 0 Å². The SMILES string of the molecule is CNCC(C)C(=O)Nc1cc(NC(=O)Nc2ccccc2)ccc1C.Cl. The van der Waals surface area contributed by atoms with E-state index in [4.69, 9.17) is 0 Å². The molecule has 6 nitrogen and oxygen atoms in total. The zero-order valence-corrected chi connectivity index (χ0v) is 15.9. The standard InChI is InChI=1S/C19H24N4O2.ClH/c1-13-9-10-16(11-17(13)23-18(24)14(2)12-20-3)22-19(25)21-15-7-5-4-6-8-15;/h4-11,14,20H,12H2,1-3H3,(H,23,24)(H2,21,22,25);1H. The van der Waals surface area contributed by atoms with Crippen LogP contribution < -0.4 is 21.3 Å². The molecule has 0 spiro atoms. The molecule has 0 bridgehead atoms. The lowest BCUT2D eigenvalue weighted by atomic mass is 10.1. The maximum absolute atomic E-state index is 12.2. The van der Waals surface area contributed by atoms with Crippen molar-refractivity contribution in [3.63, 3.8) is 0 Å². The number of amides is 3. The normalized spacial score (nSPS) is 11.0. The van der Waals surface area contributed by atoms with Gasteiger partial charge in [0, 0.05) is 29.5 Å². The van der Waals surface area contributed by atoms with Crippen LogP contribution in [0.2, 0.25) is 0 Å². The molecule has 0 fully saturated rings. The average Bonchev–Trinajstić information content (AvgIpc) is 2.59. The van der Waals surface area contributed by atoms with Crippen molar-refractivity contribution in [3.05, 3.63) is 54.1 Å². The third-order valence-electron chi connectivity index (χ3n) is 3.74. The number of carbonyl (C=O) groups excluding carboxylic acids is 2. The molecule has 140 valence electrons. The molecular weight excluding hydrogens is 352 g/mol. The van der Waals surface area contributed by atoms with Crippen molar-refractivity contribution in [1.82, 2.24) is 5.32 Å². The minimum Gasteiger partial charge on any atom is -0.325 e. The number of benzene rings is 2. The molecule has 0 saturated heterocycles. The van der Waals surface area contributed by atoms with E-state index >= 15 is 0 Å². The van der Waals surface area contributed by atoms with Gasteiger partial charge in [-0.3, -0.25) is 4.79 Å². The van der Waals surface area contributed by atoms with E-state index in [1.54, 1.807) is 12.1 Å². The van der Waals surface area contributed by atoms with Crippen LogP contribution in [0, 0.1) is 12.8 Å². The minimum absolute atomic E-state index is 0. The van der Waals surface area contributed by atoms with Crippen molar-refractivity contribution < 1.29 is 9.59 Å². The van der Waals surface area contributed by atoms with E-state index in [-0.39, 0.29) is 30.3 Å². The molecule has 0 aliphatic rings. The average molecular weight is 377 g/mol. The van der Waals surface area contributed by atoms with Crippen molar-refractivity contribution in [2.75, 3.05) is 29.5 Å². The van der Waals surface area contributed by atoms with E-state index in [1.165, 1.54) is 0 Å². The van der Waals surface area contributed by atoms with Gasteiger partial charge in [-0.05, 0) is 43.8 Å². The Morgan fingerprint density at radius 1 is 0.962 bits per heavy atom. The lowest BCUT2D eigenvalue weighted by Crippen LogP contribution is -2.29. The Labute approximate surface area is 160 Å². The first-order valence-electron chi connectivity index (χ1n) is 8.18. The van der Waals surface area contributed by atoms with Crippen LogP contribution in [0.1, 0.15) is 12.5 Å². The van der Waals surface area contributed by atoms with Crippen molar-refractivity contribution in [2.24, 2.45) is 5.92 Å². The summed E-state index contributed by atoms with van der Waals surface area (Å²) in [5.74, 6) is -0.217. The summed E-state index contributed by atoms with van der Waals surface area (Å²) < 4.78 is 0. The molecule has 7 heteroatoms. The van der Waals surface area contributed by atoms with Gasteiger partial charge in [-0.15, -0.1) is 12.4 Å². The molecule has 3 amide bonds. The summed E-state index contributed by atoms with van der Waals surface area (Å²) in [5.41, 5.74) is 2.93. The quantitative estimate of drug-likeness (QED) is 0.618. The molecule has 26 heavy (non-hydrogen) atoms. The second kappa shape index (κ2) is 10.4. The first-order chi connectivity index (χ1) is 12.0. The highest BCUT2D eigenvalue weighted by atomic mass is 35.5. The molecule has 1 atom stereocenters. The number of hydrogen-bond donors (Lipinski definition) is 4. The summed E-state index contributed by atoms with van der Waals surface area (Å²) in [5, 5.41) is 11.4. The zero-order valence-electron chi connectivity index (χ0n) is 15.1. The van der Waals surface area contributed by atoms with Crippen LogP contribution in [-0.2, 0) is 4.79 Å². The number of rotatable bonds is 6. The van der Waals surface area contributed by atoms with Gasteiger partial charge in [0.05, 0.1) is 0 Å². The number of para-hydroxylation sites is 1. The van der Waals surface area contributed by atoms with Crippen LogP contribution in [0.5, 0.6) is 0 Å². The highest BCUT2D eigenvalue weighted by Gasteiger charge is 2.13. The van der Waals surface area contributed by atoms with Crippen molar-refractivity contribution in [3.8, 4) is 0 Å². The number of hydrogen-bond acceptors (Lipinski definition) is 3. The molecule has 2 aromatic carbocycles. The highest BCUT2D eigenvalue weighted by molar-refractivity contribution is 6.00. The van der Waals surface area contributed by atoms with Gasteiger partial charge in [-0.2, -0.15) is 0 Å². The number of carbonyl (C=O) groups is 2. The molecule has 2 aromatic rings. The molecule has 0 saturated carbocycles. The molecular formula is C19H25ClN4O2. The highest BCUT2D eigenvalue weighted by Crippen LogP contribution is 2.21. The number of halogens is 1. The van der Waals surface area contributed by atoms with Gasteiger partial charge < -0.3 is 21.3 Å². The van der Waals surface area contributed by atoms with E-state index in [1.807, 2.05) is 57.3 Å². The third-order valence-corrected chi connectivity index (χ3v) is 3.74. The van der Waals surface area contributed by atoms with E-state index in [9.17, 15) is 9.59 Å². The van der Waals surface area contributed by atoms with Gasteiger partial charge in [0.1, 0.15) is 0 Å². The lowest BCUT2D eigenvalue weighted by Gasteiger charge is -2.15. The van der Waals surface area contributed by atoms with Gasteiger partial charge in [-0.25, -0.2) is 4.79 Å². The maximum atomic E-state index is 12.2. The number of urea groups is 1. The van der Waals surface area contributed by atoms with Gasteiger partial charge in [0.15, 0.2) is 0 Å². The molecule has 2 rings (SSSR count). The summed E-state index contributed by atoms with van der Waals surface area (Å²) in [6, 6.07) is 14.3. The predicted octanol–water partition coefficient (Wildman–Crippen LogP) is 3.85. The second-order valence-electron chi connectivity index (χ2n) is 5.92. The fourth-order valence-corrected chi connectivity index (χ4v) is 2.30. The molecule has 1 unspecified atom stereocenters. The summed E-state index contributed by atoms with van der Waals surface area (Å²) in [7, 11) is 1.81. The maximum Gasteiger partial charge on any atom is 0.323 e. The first kappa shape index (κ1) is 21.5. The molecule has 0 aliphatic carbocycles. The first-order valence-corrected chi connectivity index (χ1v) is 8.18. The number of aryl methyl sites for hydroxylation is 1. The van der Waals surface area contributed by atoms with Crippen molar-refractivity contribution in [2.45, 2.75) is 13.8 Å². The molecule has 0 heterocycles. The van der Waals surface area contributed by atoms with Crippen LogP contribution in [0.3, 0.4) is 0 Å². The van der Waals surface area contributed by atoms with E-state index in [0.29, 0.717) is 23.6 Å². The van der Waals surface area contributed by atoms with Crippen LogP contribution in [0.25, 0.3) is 0 Å². The second-order valence-corrected chi connectivity index (χ2v) is 5.92. The Morgan fingerprint density at radius 3 is 2.27 bits per heavy atom. The molecule has 0 aliphatic heterocycles. The monoisotopic (exact) mass is 376 g/mol. The summed E-state index contributed by atoms with van der Waals surface area (Å²) >= 11 is 0. The summed E-state index contributed by atoms with van der Waals surface area (Å²) in [6.07, 6.45) is 0. The van der Waals surface area contributed by atoms with Gasteiger partial charge >= 0.3 is 6.03 Å². The smallest absolute Gasteiger partial charge is 0.323 e. The third kappa shape index (κ3) is 6.38. The number of anilines is 3. The lowest BCUT2D eigenvalue weighted by molar-refractivity contribution is -0.119. The largest absolute Gasteiger partial charge is 0.325 e. The van der Waals surface area contributed by atoms with E-state index in [0.717, 1.165) is 5.56 Å². The van der Waals surface area contributed by atoms with Gasteiger partial charge in [0.2, 0.25) is 5.91 Å². The minimum atomic E-state index is -0.337. The fraction of sp³-hybridized carbons (Fsp3) is 0.263. The topological polar surface area (TPSA) is 82.3 Å². The zero-order chi connectivity index (χ0) is 18.2. The Balaban J connectivity index is 0.00000338. The molecule has 4 N–H and O–H groups in total. The Bertz CT molecular complexity index is 738. The fourth-order valence-electron chi connectivity index (χ4n) is 2.30. The predicted molar refractivity (Wildman–Crippen MR) is 109 cm³/mol. The van der Waals surface area contributed by atoms with Crippen LogP contribution in [-0.4, -0.2) is 25.5 Å². The van der Waals surface area contributed by atoms with Crippen LogP contribution in [0.15, 0.2) is 48.5 Å². The molecule has 0 radical (unpaired) electrons. The van der Waals surface area contributed by atoms with Crippen molar-refractivity contribution in [1.29, 1.82) is 0 Å². The summed E-state index contributed by atoms with van der Waals surface area (Å²) in [6.45, 7) is 4.37. The van der Waals surface area contributed by atoms with Crippen LogP contribution in [0.4, 0.5) is 21.9 Å². The molecule has 0 aromatic heterocycles. The number of nitrogens with one attached hydrogen (secondary N) is 4. The summed E-state index contributed by atoms with van der Waals surface area (Å²) in [4.78, 5) is 24.3. The Morgan fingerprint density at radius 2 is 1.62 bits per heavy atom. The van der Waals surface area contributed by atoms with Crippen LogP contribution >= 0.6 is 12.4 Å². The Hall–Kier alpha value is -2.57. The Kier molecular flexibility index (Phi) is 8.61. The van der Waals surface area contributed by atoms with E-state index in [2.05, 4.69) is 21.3 Å².